The molecule has 1 heterocycles. The maximum Gasteiger partial charge on any atom is 0.0504 e. The lowest BCUT2D eigenvalue weighted by atomic mass is 10.1. The zero-order valence-corrected chi connectivity index (χ0v) is 12.5. The molecule has 1 aromatic heterocycles. The van der Waals surface area contributed by atoms with Gasteiger partial charge in [0.1, 0.15) is 0 Å². The summed E-state index contributed by atoms with van der Waals surface area (Å²) in [6.07, 6.45) is 6.42. The summed E-state index contributed by atoms with van der Waals surface area (Å²) in [5.41, 5.74) is 1.18. The van der Waals surface area contributed by atoms with Crippen molar-refractivity contribution >= 4 is 21.6 Å². The number of likely N-dealkylation sites (N-methyl/N-ethyl adjacent to an activating group) is 1. The highest BCUT2D eigenvalue weighted by Gasteiger charge is 2.10. The second-order valence-corrected chi connectivity index (χ2v) is 6.10. The monoisotopic (exact) mass is 276 g/mol. The van der Waals surface area contributed by atoms with Gasteiger partial charge >= 0.3 is 0 Å². The van der Waals surface area contributed by atoms with Crippen molar-refractivity contribution in [1.82, 2.24) is 9.88 Å². The first-order chi connectivity index (χ1) is 9.13. The van der Waals surface area contributed by atoms with E-state index < -0.39 is 10.8 Å². The Morgan fingerprint density at radius 3 is 2.79 bits per heavy atom. The minimum atomic E-state index is -0.971. The van der Waals surface area contributed by atoms with Crippen LogP contribution >= 0.6 is 0 Å². The second kappa shape index (κ2) is 6.26. The van der Waals surface area contributed by atoms with Gasteiger partial charge in [-0.15, -0.1) is 0 Å². The highest BCUT2D eigenvalue weighted by Crippen LogP contribution is 2.24. The summed E-state index contributed by atoms with van der Waals surface area (Å²) in [6, 6.07) is 5.93. The van der Waals surface area contributed by atoms with E-state index in [-0.39, 0.29) is 0 Å². The fourth-order valence-corrected chi connectivity index (χ4v) is 2.98. The Labute approximate surface area is 117 Å². The summed E-state index contributed by atoms with van der Waals surface area (Å²) in [4.78, 5) is 7.48. The van der Waals surface area contributed by atoms with Gasteiger partial charge in [-0.2, -0.15) is 0 Å². The molecule has 0 radical (unpaired) electrons. The van der Waals surface area contributed by atoms with Crippen molar-refractivity contribution in [2.45, 2.75) is 18.2 Å². The molecule has 102 valence electrons. The summed E-state index contributed by atoms with van der Waals surface area (Å²) in [5.74, 6) is 0. The molecule has 3 nitrogen and oxygen atoms in total. The number of hydrogen-bond acceptors (Lipinski definition) is 3. The van der Waals surface area contributed by atoms with Crippen molar-refractivity contribution in [3.63, 3.8) is 0 Å². The molecule has 0 saturated heterocycles. The fraction of sp³-hybridized carbons (Fsp3) is 0.400. The van der Waals surface area contributed by atoms with Crippen LogP contribution in [0.2, 0.25) is 0 Å². The lowest BCUT2D eigenvalue weighted by Gasteiger charge is -2.15. The number of nitrogens with zero attached hydrogens (tertiary/aromatic N) is 2. The molecule has 19 heavy (non-hydrogen) atoms. The van der Waals surface area contributed by atoms with Crippen LogP contribution in [0, 0.1) is 0 Å². The molecule has 0 bridgehead atoms. The number of fused-ring (bicyclic) bond motifs is 1. The molecule has 0 spiro atoms. The van der Waals surface area contributed by atoms with Crippen molar-refractivity contribution in [2.24, 2.45) is 0 Å². The second-order valence-electron chi connectivity index (χ2n) is 4.75. The highest BCUT2D eigenvalue weighted by atomic mass is 32.2. The van der Waals surface area contributed by atoms with Gasteiger partial charge in [0.2, 0.25) is 0 Å². The molecule has 0 amide bonds. The Hall–Kier alpha value is -1.26. The van der Waals surface area contributed by atoms with E-state index >= 15 is 0 Å². The molecule has 0 aliphatic rings. The zero-order chi connectivity index (χ0) is 13.8. The van der Waals surface area contributed by atoms with Gasteiger partial charge in [0.15, 0.2) is 0 Å². The molecule has 1 aromatic carbocycles. The molecule has 2 aromatic rings. The van der Waals surface area contributed by atoms with E-state index in [1.165, 1.54) is 5.56 Å². The van der Waals surface area contributed by atoms with Crippen LogP contribution < -0.4 is 0 Å². The average molecular weight is 276 g/mol. The summed E-state index contributed by atoms with van der Waals surface area (Å²) in [6.45, 7) is 4.17. The molecule has 2 rings (SSSR count). The van der Waals surface area contributed by atoms with Crippen molar-refractivity contribution in [1.29, 1.82) is 0 Å². The lowest BCUT2D eigenvalue weighted by molar-refractivity contribution is 0.358. The Kier molecular flexibility index (Phi) is 4.66. The quantitative estimate of drug-likeness (QED) is 0.841. The predicted octanol–water partition coefficient (Wildman–Crippen LogP) is 2.47. The average Bonchev–Trinajstić information content (AvgIpc) is 2.43. The molecule has 0 saturated carbocycles. The molecule has 4 heteroatoms. The lowest BCUT2D eigenvalue weighted by Crippen LogP contribution is -2.20. The van der Waals surface area contributed by atoms with Crippen molar-refractivity contribution in [2.75, 3.05) is 26.4 Å². The van der Waals surface area contributed by atoms with Gasteiger partial charge < -0.3 is 4.90 Å². The zero-order valence-electron chi connectivity index (χ0n) is 11.7. The first-order valence-electron chi connectivity index (χ1n) is 6.51. The number of benzene rings is 1. The normalized spacial score (nSPS) is 13.1. The van der Waals surface area contributed by atoms with Crippen LogP contribution in [0.3, 0.4) is 0 Å². The first kappa shape index (κ1) is 14.2. The molecular formula is C15H20N2OS. The summed E-state index contributed by atoms with van der Waals surface area (Å²) < 4.78 is 11.9. The number of pyridine rings is 1. The molecular weight excluding hydrogens is 256 g/mol. The Bertz CT molecular complexity index is 592. The maximum atomic E-state index is 11.9. The van der Waals surface area contributed by atoms with Crippen LogP contribution in [0.1, 0.15) is 12.5 Å². The number of rotatable bonds is 5. The molecule has 1 atom stereocenters. The largest absolute Gasteiger partial charge is 0.306 e. The minimum Gasteiger partial charge on any atom is -0.306 e. The topological polar surface area (TPSA) is 33.2 Å². The fourth-order valence-electron chi connectivity index (χ4n) is 2.17. The first-order valence-corrected chi connectivity index (χ1v) is 8.07. The van der Waals surface area contributed by atoms with E-state index in [9.17, 15) is 4.21 Å². The van der Waals surface area contributed by atoms with Gasteiger partial charge in [-0.1, -0.05) is 19.1 Å². The van der Waals surface area contributed by atoms with Crippen LogP contribution in [0.15, 0.2) is 35.5 Å². The van der Waals surface area contributed by atoms with Crippen LogP contribution in [0.4, 0.5) is 0 Å². The molecule has 0 N–H and O–H groups in total. The minimum absolute atomic E-state index is 0.911. The van der Waals surface area contributed by atoms with Crippen molar-refractivity contribution < 1.29 is 4.21 Å². The summed E-state index contributed by atoms with van der Waals surface area (Å²) >= 11 is 0. The van der Waals surface area contributed by atoms with E-state index in [0.717, 1.165) is 35.2 Å². The highest BCUT2D eigenvalue weighted by molar-refractivity contribution is 7.84. The van der Waals surface area contributed by atoms with E-state index in [1.807, 2.05) is 30.6 Å². The molecule has 1 unspecified atom stereocenters. The summed E-state index contributed by atoms with van der Waals surface area (Å²) in [7, 11) is 1.14. The third-order valence-corrected chi connectivity index (χ3v) is 4.40. The van der Waals surface area contributed by atoms with E-state index in [2.05, 4.69) is 23.9 Å². The third-order valence-electron chi connectivity index (χ3n) is 3.44. The van der Waals surface area contributed by atoms with E-state index in [0.29, 0.717) is 0 Å². The molecule has 0 aliphatic heterocycles. The van der Waals surface area contributed by atoms with Gasteiger partial charge in [-0.25, -0.2) is 0 Å². The number of aromatic nitrogens is 1. The van der Waals surface area contributed by atoms with Crippen LogP contribution in [0.5, 0.6) is 0 Å². The molecule has 0 fully saturated rings. The van der Waals surface area contributed by atoms with Gasteiger partial charge in [0.05, 0.1) is 10.8 Å². The SMILES string of the molecule is CCN(C)CCc1cncc2cccc(S(C)=O)c12. The van der Waals surface area contributed by atoms with Gasteiger partial charge in [-0.3, -0.25) is 9.19 Å². The van der Waals surface area contributed by atoms with Crippen LogP contribution in [0.25, 0.3) is 10.8 Å². The molecule has 0 aliphatic carbocycles. The standard InChI is InChI=1S/C15H20N2OS/c1-4-17(2)9-8-13-11-16-10-12-6-5-7-14(15(12)13)19(3)18/h5-7,10-11H,4,8-9H2,1-3H3. The predicted molar refractivity (Wildman–Crippen MR) is 81.0 cm³/mol. The maximum absolute atomic E-state index is 11.9. The third kappa shape index (κ3) is 3.19. The van der Waals surface area contributed by atoms with Crippen molar-refractivity contribution in [3.05, 3.63) is 36.2 Å². The van der Waals surface area contributed by atoms with Crippen LogP contribution in [-0.4, -0.2) is 40.5 Å². The smallest absolute Gasteiger partial charge is 0.0504 e. The Morgan fingerprint density at radius 2 is 2.11 bits per heavy atom. The Morgan fingerprint density at radius 1 is 1.32 bits per heavy atom. The van der Waals surface area contributed by atoms with Gasteiger partial charge in [0.25, 0.3) is 0 Å². The summed E-state index contributed by atoms with van der Waals surface area (Å²) in [5, 5.41) is 2.19. The van der Waals surface area contributed by atoms with Gasteiger partial charge in [0, 0.05) is 40.9 Å². The van der Waals surface area contributed by atoms with Gasteiger partial charge in [-0.05, 0) is 31.6 Å². The number of hydrogen-bond donors (Lipinski definition) is 0. The van der Waals surface area contributed by atoms with Crippen LogP contribution in [-0.2, 0) is 17.2 Å². The van der Waals surface area contributed by atoms with E-state index in [4.69, 9.17) is 0 Å². The van der Waals surface area contributed by atoms with E-state index in [1.54, 1.807) is 6.26 Å². The Balaban J connectivity index is 2.45. The van der Waals surface area contributed by atoms with Crippen molar-refractivity contribution in [3.8, 4) is 0 Å².